The maximum Gasteiger partial charge on any atom is 0.176 e. The number of halogens is 3. The number of Topliss-reactive ketones (excluding diaryl/α,β-unsaturated/α-hetero) is 2. The van der Waals surface area contributed by atoms with Crippen LogP contribution in [-0.4, -0.2) is 41.9 Å². The molecular formula is C33H33Cl3N6O2. The van der Waals surface area contributed by atoms with Gasteiger partial charge in [-0.05, 0) is 100 Å². The molecule has 8 nitrogen and oxygen atoms in total. The zero-order valence-electron chi connectivity index (χ0n) is 25.1. The molecule has 0 fully saturated rings. The number of aromatic nitrogens is 6. The number of aryl methyl sites for hydroxylation is 4. The van der Waals surface area contributed by atoms with E-state index in [1.165, 1.54) is 0 Å². The summed E-state index contributed by atoms with van der Waals surface area (Å²) in [6, 6.07) is 12.5. The monoisotopic (exact) mass is 650 g/mol. The topological polar surface area (TPSA) is 111 Å². The van der Waals surface area contributed by atoms with Crippen LogP contribution in [0.5, 0.6) is 0 Å². The lowest BCUT2D eigenvalue weighted by Gasteiger charge is -2.32. The van der Waals surface area contributed by atoms with Gasteiger partial charge < -0.3 is 0 Å². The molecule has 0 amide bonds. The number of carbonyl (C=O) groups excluding carboxylic acids is 2. The number of rotatable bonds is 3. The molecule has 228 valence electrons. The molecule has 2 unspecified atom stereocenters. The van der Waals surface area contributed by atoms with E-state index >= 15 is 0 Å². The van der Waals surface area contributed by atoms with Crippen molar-refractivity contribution in [3.05, 3.63) is 110 Å². The molecule has 0 spiro atoms. The molecule has 4 aromatic rings. The highest BCUT2D eigenvalue weighted by Gasteiger charge is 2.42. The Balaban J connectivity index is 0.000000169. The molecule has 0 N–H and O–H groups in total. The predicted octanol–water partition coefficient (Wildman–Crippen LogP) is 7.76. The SMILES string of the molecule is C=Cc1ccc(Cl)nn1.CC1CCc2nc(Cl)ccc2C1=O.CCc1ccc(C2(C)CCc3nc(Cl)cc(C)c3C2=O)nn1. The number of hydrogen-bond acceptors (Lipinski definition) is 8. The molecule has 6 rings (SSSR count). The first-order valence-electron chi connectivity index (χ1n) is 14.3. The number of nitrogens with zero attached hydrogens (tertiary/aromatic N) is 6. The number of hydrogen-bond donors (Lipinski definition) is 0. The van der Waals surface area contributed by atoms with Crippen molar-refractivity contribution in [2.75, 3.05) is 0 Å². The summed E-state index contributed by atoms with van der Waals surface area (Å²) in [6.45, 7) is 11.4. The van der Waals surface area contributed by atoms with Gasteiger partial charge in [0, 0.05) is 17.0 Å². The van der Waals surface area contributed by atoms with E-state index in [1.807, 2.05) is 39.8 Å². The van der Waals surface area contributed by atoms with Crippen LogP contribution in [0.4, 0.5) is 0 Å². The molecule has 0 aliphatic heterocycles. The van der Waals surface area contributed by atoms with E-state index in [1.54, 1.807) is 36.4 Å². The van der Waals surface area contributed by atoms with Crippen molar-refractivity contribution in [3.63, 3.8) is 0 Å². The summed E-state index contributed by atoms with van der Waals surface area (Å²) in [6.07, 6.45) is 5.59. The van der Waals surface area contributed by atoms with Crippen LogP contribution in [0.25, 0.3) is 6.08 Å². The quantitative estimate of drug-likeness (QED) is 0.207. The van der Waals surface area contributed by atoms with Crippen molar-refractivity contribution < 1.29 is 9.59 Å². The first kappa shape index (κ1) is 33.3. The van der Waals surface area contributed by atoms with Crippen molar-refractivity contribution >= 4 is 52.4 Å². The van der Waals surface area contributed by atoms with Crippen LogP contribution >= 0.6 is 34.8 Å². The molecule has 4 aromatic heterocycles. The summed E-state index contributed by atoms with van der Waals surface area (Å²) >= 11 is 17.2. The van der Waals surface area contributed by atoms with Crippen LogP contribution in [0.1, 0.15) is 88.4 Å². The van der Waals surface area contributed by atoms with Gasteiger partial charge in [-0.15, -0.1) is 10.2 Å². The van der Waals surface area contributed by atoms with Crippen LogP contribution in [0, 0.1) is 12.8 Å². The summed E-state index contributed by atoms with van der Waals surface area (Å²) < 4.78 is 0. The first-order valence-corrected chi connectivity index (χ1v) is 15.4. The van der Waals surface area contributed by atoms with E-state index < -0.39 is 5.41 Å². The lowest BCUT2D eigenvalue weighted by atomic mass is 9.70. The maximum atomic E-state index is 13.1. The lowest BCUT2D eigenvalue weighted by molar-refractivity contribution is 0.0867. The summed E-state index contributed by atoms with van der Waals surface area (Å²) in [5, 5.41) is 17.1. The fourth-order valence-corrected chi connectivity index (χ4v) is 5.64. The van der Waals surface area contributed by atoms with E-state index in [2.05, 4.69) is 36.9 Å². The molecule has 0 radical (unpaired) electrons. The molecular weight excluding hydrogens is 619 g/mol. The average molecular weight is 652 g/mol. The molecule has 0 bridgehead atoms. The van der Waals surface area contributed by atoms with Crippen LogP contribution < -0.4 is 0 Å². The zero-order chi connectivity index (χ0) is 32.0. The van der Waals surface area contributed by atoms with E-state index in [0.29, 0.717) is 27.4 Å². The van der Waals surface area contributed by atoms with E-state index in [4.69, 9.17) is 34.8 Å². The summed E-state index contributed by atoms with van der Waals surface area (Å²) in [5.41, 5.74) is 5.73. The second kappa shape index (κ2) is 14.5. The molecule has 11 heteroatoms. The smallest absolute Gasteiger partial charge is 0.176 e. The average Bonchev–Trinajstić information content (AvgIpc) is 3.02. The van der Waals surface area contributed by atoms with E-state index in [-0.39, 0.29) is 17.5 Å². The first-order chi connectivity index (χ1) is 21.0. The predicted molar refractivity (Wildman–Crippen MR) is 174 cm³/mol. The van der Waals surface area contributed by atoms with Crippen LogP contribution in [0.3, 0.4) is 0 Å². The third-order valence-electron chi connectivity index (χ3n) is 7.83. The fraction of sp³-hybridized carbons (Fsp3) is 0.333. The minimum absolute atomic E-state index is 0.0639. The van der Waals surface area contributed by atoms with Gasteiger partial charge >= 0.3 is 0 Å². The summed E-state index contributed by atoms with van der Waals surface area (Å²) in [7, 11) is 0. The molecule has 0 saturated heterocycles. The molecule has 4 heterocycles. The van der Waals surface area contributed by atoms with Gasteiger partial charge in [-0.2, -0.15) is 10.2 Å². The van der Waals surface area contributed by atoms with Gasteiger partial charge in [-0.1, -0.05) is 55.2 Å². The fourth-order valence-electron chi connectivity index (χ4n) is 5.11. The maximum absolute atomic E-state index is 13.1. The largest absolute Gasteiger partial charge is 0.294 e. The van der Waals surface area contributed by atoms with Crippen LogP contribution in [0.15, 0.2) is 49.0 Å². The van der Waals surface area contributed by atoms with Gasteiger partial charge in [0.25, 0.3) is 0 Å². The van der Waals surface area contributed by atoms with Gasteiger partial charge in [0.2, 0.25) is 0 Å². The number of fused-ring (bicyclic) bond motifs is 2. The normalized spacial score (nSPS) is 18.6. The summed E-state index contributed by atoms with van der Waals surface area (Å²) in [4.78, 5) is 33.2. The Hall–Kier alpha value is -3.59. The Kier molecular flexibility index (Phi) is 10.9. The third-order valence-corrected chi connectivity index (χ3v) is 8.43. The van der Waals surface area contributed by atoms with Gasteiger partial charge in [-0.25, -0.2) is 9.97 Å². The Labute approximate surface area is 272 Å². The molecule has 2 aliphatic rings. The highest BCUT2D eigenvalue weighted by atomic mass is 35.5. The minimum atomic E-state index is -0.646. The Bertz CT molecular complexity index is 1680. The minimum Gasteiger partial charge on any atom is -0.294 e. The molecule has 2 aliphatic carbocycles. The Morgan fingerprint density at radius 1 is 0.909 bits per heavy atom. The second-order valence-corrected chi connectivity index (χ2v) is 12.1. The van der Waals surface area contributed by atoms with Crippen molar-refractivity contribution in [2.45, 2.75) is 65.2 Å². The number of carbonyl (C=O) groups is 2. The molecule has 0 aromatic carbocycles. The van der Waals surface area contributed by atoms with Gasteiger partial charge in [-0.3, -0.25) is 9.59 Å². The summed E-state index contributed by atoms with van der Waals surface area (Å²) in [5.74, 6) is 0.398. The van der Waals surface area contributed by atoms with Gasteiger partial charge in [0.1, 0.15) is 10.3 Å². The number of pyridine rings is 2. The van der Waals surface area contributed by atoms with Crippen molar-refractivity contribution in [3.8, 4) is 0 Å². The highest BCUT2D eigenvalue weighted by molar-refractivity contribution is 6.30. The lowest BCUT2D eigenvalue weighted by Crippen LogP contribution is -2.39. The van der Waals surface area contributed by atoms with E-state index in [0.717, 1.165) is 65.3 Å². The van der Waals surface area contributed by atoms with Crippen LogP contribution in [-0.2, 0) is 24.7 Å². The van der Waals surface area contributed by atoms with Crippen molar-refractivity contribution in [1.82, 2.24) is 30.4 Å². The molecule has 0 saturated carbocycles. The van der Waals surface area contributed by atoms with Crippen molar-refractivity contribution in [2.24, 2.45) is 5.92 Å². The van der Waals surface area contributed by atoms with E-state index in [9.17, 15) is 9.59 Å². The van der Waals surface area contributed by atoms with Crippen LogP contribution in [0.2, 0.25) is 15.5 Å². The third kappa shape index (κ3) is 7.54. The zero-order valence-corrected chi connectivity index (χ0v) is 27.3. The standard InChI is InChI=1S/C17H18ClN3O.C10H10ClNO.C6H5ClN2/c1-4-11-5-6-13(21-20-11)17(3)8-7-12-15(16(17)22)10(2)9-14(18)19-12;1-6-2-4-8-7(10(6)13)3-5-9(11)12-8;1-2-5-3-4-6(7)9-8-5/h5-6,9H,4,7-8H2,1-3H3;3,5-6H,2,4H2,1H3;2-4H,1H2. The van der Waals surface area contributed by atoms with Gasteiger partial charge in [0.05, 0.1) is 33.9 Å². The van der Waals surface area contributed by atoms with Gasteiger partial charge in [0.15, 0.2) is 16.7 Å². The molecule has 2 atom stereocenters. The highest BCUT2D eigenvalue weighted by Crippen LogP contribution is 2.38. The van der Waals surface area contributed by atoms with Crippen molar-refractivity contribution in [1.29, 1.82) is 0 Å². The molecule has 44 heavy (non-hydrogen) atoms. The Morgan fingerprint density at radius 3 is 2.27 bits per heavy atom. The second-order valence-electron chi connectivity index (χ2n) is 10.9. The number of ketones is 2. The Morgan fingerprint density at radius 2 is 1.64 bits per heavy atom.